The Balaban J connectivity index is 1.83. The molecule has 1 aliphatic rings. The number of allylic oxidation sites excluding steroid dienone is 4. The maximum atomic E-state index is 6.63. The Morgan fingerprint density at radius 2 is 1.76 bits per heavy atom. The molecule has 1 aromatic heterocycles. The normalized spacial score (nSPS) is 18.5. The van der Waals surface area contributed by atoms with Gasteiger partial charge in [-0.25, -0.2) is 0 Å². The molecule has 0 saturated heterocycles. The quantitative estimate of drug-likeness (QED) is 0.295. The molecule has 0 amide bonds. The molecule has 0 spiro atoms. The van der Waals surface area contributed by atoms with E-state index in [0.29, 0.717) is 20.8 Å². The van der Waals surface area contributed by atoms with Gasteiger partial charge in [0.2, 0.25) is 0 Å². The molecule has 4 aromatic rings. The van der Waals surface area contributed by atoms with Crippen molar-refractivity contribution >= 4 is 45.7 Å². The van der Waals surface area contributed by atoms with E-state index in [0.717, 1.165) is 28.5 Å². The highest BCUT2D eigenvalue weighted by Crippen LogP contribution is 2.51. The highest BCUT2D eigenvalue weighted by molar-refractivity contribution is 6.38. The molecule has 0 saturated carbocycles. The van der Waals surface area contributed by atoms with E-state index in [1.165, 1.54) is 5.56 Å². The lowest BCUT2D eigenvalue weighted by Gasteiger charge is -2.40. The van der Waals surface area contributed by atoms with Crippen molar-refractivity contribution in [2.24, 2.45) is 0 Å². The minimum atomic E-state index is -0.335. The lowest BCUT2D eigenvalue weighted by molar-refractivity contribution is 0.414. The van der Waals surface area contributed by atoms with E-state index in [2.05, 4.69) is 59.6 Å². The van der Waals surface area contributed by atoms with Crippen LogP contribution in [0.1, 0.15) is 29.0 Å². The van der Waals surface area contributed by atoms with Crippen LogP contribution in [-0.4, -0.2) is 12.1 Å². The molecule has 5 rings (SSSR count). The Morgan fingerprint density at radius 3 is 2.45 bits per heavy atom. The SMILES string of the molecule is COc1ccc(C(c2c[nH]c3c(Cl)cc(Cl)cc23)C2(c3ccccc3)C=CC=CC2)cc1Cl. The molecule has 0 fully saturated rings. The average Bonchev–Trinajstić information content (AvgIpc) is 3.24. The number of hydrogen-bond acceptors (Lipinski definition) is 1. The molecule has 2 nitrogen and oxygen atoms in total. The number of rotatable bonds is 5. The van der Waals surface area contributed by atoms with Crippen LogP contribution in [0.3, 0.4) is 0 Å². The maximum Gasteiger partial charge on any atom is 0.137 e. The van der Waals surface area contributed by atoms with Crippen molar-refractivity contribution in [3.8, 4) is 5.75 Å². The first kappa shape index (κ1) is 22.2. The molecule has 33 heavy (non-hydrogen) atoms. The van der Waals surface area contributed by atoms with Gasteiger partial charge in [-0.2, -0.15) is 0 Å². The van der Waals surface area contributed by atoms with E-state index in [9.17, 15) is 0 Å². The summed E-state index contributed by atoms with van der Waals surface area (Å²) in [4.78, 5) is 3.39. The Labute approximate surface area is 208 Å². The summed E-state index contributed by atoms with van der Waals surface area (Å²) in [6, 6.07) is 20.4. The fraction of sp³-hybridized carbons (Fsp3) is 0.143. The second-order valence-electron chi connectivity index (χ2n) is 8.28. The minimum Gasteiger partial charge on any atom is -0.495 e. The second-order valence-corrected chi connectivity index (χ2v) is 9.53. The predicted octanol–water partition coefficient (Wildman–Crippen LogP) is 8.72. The number of halogens is 3. The van der Waals surface area contributed by atoms with Gasteiger partial charge in [0.15, 0.2) is 0 Å². The summed E-state index contributed by atoms with van der Waals surface area (Å²) in [7, 11) is 1.63. The molecule has 1 heterocycles. The van der Waals surface area contributed by atoms with Crippen molar-refractivity contribution in [1.82, 2.24) is 4.98 Å². The van der Waals surface area contributed by atoms with Gasteiger partial charge in [-0.3, -0.25) is 0 Å². The third-order valence-corrected chi connectivity index (χ3v) is 7.29. The number of hydrogen-bond donors (Lipinski definition) is 1. The third kappa shape index (κ3) is 3.87. The summed E-state index contributed by atoms with van der Waals surface area (Å²) in [6.07, 6.45) is 11.6. The first-order valence-corrected chi connectivity index (χ1v) is 11.9. The van der Waals surface area contributed by atoms with Gasteiger partial charge < -0.3 is 9.72 Å². The van der Waals surface area contributed by atoms with Crippen molar-refractivity contribution in [1.29, 1.82) is 0 Å². The standard InChI is InChI=1S/C28H22Cl3NO/c1-33-25-11-10-18(14-23(25)30)26(22-17-32-27-21(22)15-20(29)16-24(27)31)28(12-6-3-7-13-28)19-8-4-2-5-9-19/h2-12,14-17,26,32H,13H2,1H3. The summed E-state index contributed by atoms with van der Waals surface area (Å²) >= 11 is 19.6. The molecule has 2 unspecified atom stereocenters. The topological polar surface area (TPSA) is 25.0 Å². The molecule has 0 aliphatic heterocycles. The zero-order valence-corrected chi connectivity index (χ0v) is 20.3. The van der Waals surface area contributed by atoms with E-state index >= 15 is 0 Å². The molecular formula is C28H22Cl3NO. The summed E-state index contributed by atoms with van der Waals surface area (Å²) < 4.78 is 5.43. The van der Waals surface area contributed by atoms with E-state index < -0.39 is 0 Å². The molecule has 3 aromatic carbocycles. The summed E-state index contributed by atoms with van der Waals surface area (Å²) in [5.41, 5.74) is 3.96. The van der Waals surface area contributed by atoms with Gasteiger partial charge in [0.05, 0.1) is 22.7 Å². The minimum absolute atomic E-state index is 0.0622. The van der Waals surface area contributed by atoms with Crippen molar-refractivity contribution < 1.29 is 4.74 Å². The lowest BCUT2D eigenvalue weighted by atomic mass is 9.62. The van der Waals surface area contributed by atoms with E-state index in [1.807, 2.05) is 30.5 Å². The number of aromatic amines is 1. The second kappa shape index (κ2) is 8.95. The van der Waals surface area contributed by atoms with Crippen LogP contribution in [0.4, 0.5) is 0 Å². The number of ether oxygens (including phenoxy) is 1. The van der Waals surface area contributed by atoms with E-state index in [4.69, 9.17) is 39.5 Å². The highest BCUT2D eigenvalue weighted by atomic mass is 35.5. The Bertz CT molecular complexity index is 1370. The molecule has 0 bridgehead atoms. The van der Waals surface area contributed by atoms with Gasteiger partial charge in [0.1, 0.15) is 5.75 Å². The highest BCUT2D eigenvalue weighted by Gasteiger charge is 2.41. The molecule has 2 atom stereocenters. The Hall–Kier alpha value is -2.65. The van der Waals surface area contributed by atoms with Crippen LogP contribution in [0.2, 0.25) is 15.1 Å². The van der Waals surface area contributed by atoms with Gasteiger partial charge in [-0.05, 0) is 47.4 Å². The maximum absolute atomic E-state index is 6.63. The molecule has 1 N–H and O–H groups in total. The fourth-order valence-corrected chi connectivity index (χ4v) is 5.83. The van der Waals surface area contributed by atoms with Crippen LogP contribution in [-0.2, 0) is 5.41 Å². The Kier molecular flexibility index (Phi) is 6.01. The average molecular weight is 495 g/mol. The number of nitrogens with one attached hydrogen (secondary N) is 1. The van der Waals surface area contributed by atoms with Gasteiger partial charge in [-0.1, -0.05) is 95.5 Å². The summed E-state index contributed by atoms with van der Waals surface area (Å²) in [5.74, 6) is 0.588. The predicted molar refractivity (Wildman–Crippen MR) is 139 cm³/mol. The third-order valence-electron chi connectivity index (χ3n) is 6.48. The van der Waals surface area contributed by atoms with Crippen LogP contribution < -0.4 is 4.74 Å². The largest absolute Gasteiger partial charge is 0.495 e. The zero-order valence-electron chi connectivity index (χ0n) is 18.0. The smallest absolute Gasteiger partial charge is 0.137 e. The van der Waals surface area contributed by atoms with Crippen molar-refractivity contribution in [3.05, 3.63) is 123 Å². The summed E-state index contributed by atoms with van der Waals surface area (Å²) in [6.45, 7) is 0. The zero-order chi connectivity index (χ0) is 23.0. The van der Waals surface area contributed by atoms with Gasteiger partial charge in [0, 0.05) is 27.9 Å². The van der Waals surface area contributed by atoms with Crippen LogP contribution in [0, 0.1) is 0 Å². The number of fused-ring (bicyclic) bond motifs is 1. The van der Waals surface area contributed by atoms with Crippen molar-refractivity contribution in [3.63, 3.8) is 0 Å². The first-order chi connectivity index (χ1) is 16.0. The van der Waals surface area contributed by atoms with Crippen LogP contribution in [0.5, 0.6) is 5.75 Å². The molecule has 0 radical (unpaired) electrons. The fourth-order valence-electron chi connectivity index (χ4n) is 5.01. The molecule has 1 aliphatic carbocycles. The van der Waals surface area contributed by atoms with E-state index in [-0.39, 0.29) is 11.3 Å². The van der Waals surface area contributed by atoms with Gasteiger partial charge in [0.25, 0.3) is 0 Å². The monoisotopic (exact) mass is 493 g/mol. The Morgan fingerprint density at radius 1 is 0.939 bits per heavy atom. The van der Waals surface area contributed by atoms with Crippen molar-refractivity contribution in [2.75, 3.05) is 7.11 Å². The van der Waals surface area contributed by atoms with E-state index in [1.54, 1.807) is 13.2 Å². The summed E-state index contributed by atoms with van der Waals surface area (Å²) in [5, 5.41) is 2.79. The molecular weight excluding hydrogens is 473 g/mol. The van der Waals surface area contributed by atoms with Gasteiger partial charge >= 0.3 is 0 Å². The number of benzene rings is 3. The first-order valence-electron chi connectivity index (χ1n) is 10.7. The van der Waals surface area contributed by atoms with Crippen molar-refractivity contribution in [2.45, 2.75) is 17.8 Å². The van der Waals surface area contributed by atoms with Crippen LogP contribution in [0.25, 0.3) is 10.9 Å². The van der Waals surface area contributed by atoms with Gasteiger partial charge in [-0.15, -0.1) is 0 Å². The van der Waals surface area contributed by atoms with Crippen LogP contribution in [0.15, 0.2) is 91.2 Å². The molecule has 5 heteroatoms. The lowest BCUT2D eigenvalue weighted by Crippen LogP contribution is -2.33. The number of methoxy groups -OCH3 is 1. The molecule has 166 valence electrons. The van der Waals surface area contributed by atoms with Crippen LogP contribution >= 0.6 is 34.8 Å². The number of aromatic nitrogens is 1. The number of H-pyrrole nitrogens is 1.